The lowest BCUT2D eigenvalue weighted by Gasteiger charge is -2.27. The maximum absolute atomic E-state index is 11.7. The second-order valence-corrected chi connectivity index (χ2v) is 7.89. The number of amides is 2. The number of hydrogen-bond donors (Lipinski definition) is 3. The molecule has 1 unspecified atom stereocenters. The minimum absolute atomic E-state index is 0.0264. The number of rotatable bonds is 7. The molecular formula is C13H24N2O5S. The average molecular weight is 320 g/mol. The molecule has 0 aliphatic carbocycles. The lowest BCUT2D eigenvalue weighted by Crippen LogP contribution is -2.47. The van der Waals surface area contributed by atoms with E-state index in [2.05, 4.69) is 10.6 Å². The summed E-state index contributed by atoms with van der Waals surface area (Å²) in [5, 5.41) is 13.8. The number of sulfone groups is 1. The number of carbonyl (C=O) groups is 2. The van der Waals surface area contributed by atoms with E-state index in [9.17, 15) is 23.1 Å². The number of hydrogen-bond acceptors (Lipinski definition) is 4. The van der Waals surface area contributed by atoms with Crippen LogP contribution in [-0.2, 0) is 14.6 Å². The molecule has 1 fully saturated rings. The zero-order valence-electron chi connectivity index (χ0n) is 12.5. The molecule has 1 atom stereocenters. The molecule has 0 radical (unpaired) electrons. The molecular weight excluding hydrogens is 296 g/mol. The van der Waals surface area contributed by atoms with Crippen LogP contribution >= 0.6 is 0 Å². The highest BCUT2D eigenvalue weighted by molar-refractivity contribution is 7.92. The van der Waals surface area contributed by atoms with Gasteiger partial charge in [-0.3, -0.25) is 4.79 Å². The summed E-state index contributed by atoms with van der Waals surface area (Å²) in [6, 6.07) is -0.523. The molecule has 0 saturated carbocycles. The maximum Gasteiger partial charge on any atom is 0.314 e. The summed E-state index contributed by atoms with van der Waals surface area (Å²) >= 11 is 0. The lowest BCUT2D eigenvalue weighted by molar-refractivity contribution is -0.149. The summed E-state index contributed by atoms with van der Waals surface area (Å²) < 4.78 is 23.2. The van der Waals surface area contributed by atoms with Crippen LogP contribution in [0.15, 0.2) is 0 Å². The van der Waals surface area contributed by atoms with E-state index in [1.807, 2.05) is 0 Å². The van der Waals surface area contributed by atoms with Crippen molar-refractivity contribution in [1.82, 2.24) is 10.6 Å². The molecule has 0 bridgehead atoms. The molecule has 1 aliphatic heterocycles. The first kappa shape index (κ1) is 17.7. The second-order valence-electron chi connectivity index (χ2n) is 5.49. The van der Waals surface area contributed by atoms with Gasteiger partial charge in [-0.25, -0.2) is 13.2 Å². The van der Waals surface area contributed by atoms with Gasteiger partial charge < -0.3 is 15.7 Å². The van der Waals surface area contributed by atoms with Crippen molar-refractivity contribution in [3.05, 3.63) is 0 Å². The highest BCUT2D eigenvalue weighted by atomic mass is 32.2. The Morgan fingerprint density at radius 1 is 1.24 bits per heavy atom. The van der Waals surface area contributed by atoms with Crippen LogP contribution in [0.3, 0.4) is 0 Å². The van der Waals surface area contributed by atoms with Crippen LogP contribution in [0.2, 0.25) is 0 Å². The van der Waals surface area contributed by atoms with E-state index in [1.165, 1.54) is 0 Å². The Morgan fingerprint density at radius 3 is 2.29 bits per heavy atom. The second kappa shape index (κ2) is 7.11. The number of carbonyl (C=O) groups excluding carboxylic acids is 1. The Balaban J connectivity index is 2.46. The minimum atomic E-state index is -3.09. The zero-order chi connectivity index (χ0) is 16.1. The van der Waals surface area contributed by atoms with Crippen molar-refractivity contribution in [3.63, 3.8) is 0 Å². The summed E-state index contributed by atoms with van der Waals surface area (Å²) in [4.78, 5) is 23.0. The molecule has 7 nitrogen and oxygen atoms in total. The quantitative estimate of drug-likeness (QED) is 0.641. The number of carboxylic acid groups (broad SMARTS) is 1. The topological polar surface area (TPSA) is 113 Å². The van der Waals surface area contributed by atoms with Gasteiger partial charge in [0.05, 0.1) is 16.4 Å². The summed E-state index contributed by atoms with van der Waals surface area (Å²) in [5.74, 6) is -0.763. The average Bonchev–Trinajstić information content (AvgIpc) is 2.76. The SMILES string of the molecule is CCC(CC)(CNC(=O)NCC1CCCS1(=O)=O)C(=O)O. The van der Waals surface area contributed by atoms with E-state index < -0.39 is 32.5 Å². The molecule has 0 aromatic rings. The predicted octanol–water partition coefficient (Wildman–Crippen LogP) is 0.754. The smallest absolute Gasteiger partial charge is 0.314 e. The predicted molar refractivity (Wildman–Crippen MR) is 78.9 cm³/mol. The van der Waals surface area contributed by atoms with Gasteiger partial charge in [-0.15, -0.1) is 0 Å². The van der Waals surface area contributed by atoms with Gasteiger partial charge in [-0.2, -0.15) is 0 Å². The van der Waals surface area contributed by atoms with Crippen LogP contribution in [0.4, 0.5) is 4.79 Å². The van der Waals surface area contributed by atoms with E-state index in [0.717, 1.165) is 0 Å². The highest BCUT2D eigenvalue weighted by Crippen LogP contribution is 2.25. The summed E-state index contributed by atoms with van der Waals surface area (Å²) in [5.41, 5.74) is -0.975. The Morgan fingerprint density at radius 2 is 1.86 bits per heavy atom. The third kappa shape index (κ3) is 4.33. The van der Waals surface area contributed by atoms with E-state index in [4.69, 9.17) is 0 Å². The Hall–Kier alpha value is -1.31. The molecule has 1 saturated heterocycles. The van der Waals surface area contributed by atoms with Crippen LogP contribution in [-0.4, -0.2) is 49.6 Å². The van der Waals surface area contributed by atoms with Gasteiger partial charge in [0.1, 0.15) is 0 Å². The first-order valence-corrected chi connectivity index (χ1v) is 8.95. The number of nitrogens with one attached hydrogen (secondary N) is 2. The lowest BCUT2D eigenvalue weighted by atomic mass is 9.82. The highest BCUT2D eigenvalue weighted by Gasteiger charge is 2.35. The summed E-state index contributed by atoms with van der Waals surface area (Å²) in [6.45, 7) is 3.63. The molecule has 3 N–H and O–H groups in total. The van der Waals surface area contributed by atoms with Crippen LogP contribution in [0, 0.1) is 5.41 Å². The molecule has 122 valence electrons. The Labute approximate surface area is 125 Å². The van der Waals surface area contributed by atoms with Gasteiger partial charge in [0.25, 0.3) is 0 Å². The monoisotopic (exact) mass is 320 g/mol. The fourth-order valence-electron chi connectivity index (χ4n) is 2.48. The van der Waals surface area contributed by atoms with Gasteiger partial charge in [-0.05, 0) is 25.7 Å². The first-order chi connectivity index (χ1) is 9.77. The van der Waals surface area contributed by atoms with Crippen molar-refractivity contribution in [3.8, 4) is 0 Å². The van der Waals surface area contributed by atoms with Gasteiger partial charge in [-0.1, -0.05) is 13.8 Å². The summed E-state index contributed by atoms with van der Waals surface area (Å²) in [6.07, 6.45) is 2.02. The molecule has 0 spiro atoms. The van der Waals surface area contributed by atoms with E-state index in [0.29, 0.717) is 25.7 Å². The van der Waals surface area contributed by atoms with Gasteiger partial charge >= 0.3 is 12.0 Å². The molecule has 8 heteroatoms. The van der Waals surface area contributed by atoms with Crippen LogP contribution in [0.1, 0.15) is 39.5 Å². The first-order valence-electron chi connectivity index (χ1n) is 7.24. The molecule has 2 amide bonds. The normalized spacial score (nSPS) is 21.0. The van der Waals surface area contributed by atoms with E-state index in [1.54, 1.807) is 13.8 Å². The van der Waals surface area contributed by atoms with Crippen molar-refractivity contribution in [2.75, 3.05) is 18.8 Å². The van der Waals surface area contributed by atoms with Gasteiger partial charge in [0.2, 0.25) is 0 Å². The largest absolute Gasteiger partial charge is 0.481 e. The number of aliphatic carboxylic acids is 1. The van der Waals surface area contributed by atoms with Gasteiger partial charge in [0.15, 0.2) is 9.84 Å². The van der Waals surface area contributed by atoms with Crippen LogP contribution < -0.4 is 10.6 Å². The molecule has 0 aromatic carbocycles. The molecule has 0 aromatic heterocycles. The molecule has 1 rings (SSSR count). The van der Waals surface area contributed by atoms with Crippen LogP contribution in [0.25, 0.3) is 0 Å². The fourth-order valence-corrected chi connectivity index (χ4v) is 4.25. The number of carboxylic acids is 1. The van der Waals surface area contributed by atoms with Crippen LogP contribution in [0.5, 0.6) is 0 Å². The molecule has 21 heavy (non-hydrogen) atoms. The standard InChI is InChI=1S/C13H24N2O5S/c1-3-13(4-2,11(16)17)9-15-12(18)14-8-10-6-5-7-21(10,19)20/h10H,3-9H2,1-2H3,(H,16,17)(H2,14,15,18). The van der Waals surface area contributed by atoms with Crippen molar-refractivity contribution < 1.29 is 23.1 Å². The zero-order valence-corrected chi connectivity index (χ0v) is 13.3. The van der Waals surface area contributed by atoms with E-state index >= 15 is 0 Å². The van der Waals surface area contributed by atoms with E-state index in [-0.39, 0.29) is 18.8 Å². The Kier molecular flexibility index (Phi) is 6.00. The molecule has 1 heterocycles. The Bertz CT molecular complexity index is 485. The maximum atomic E-state index is 11.7. The van der Waals surface area contributed by atoms with Gasteiger partial charge in [0, 0.05) is 13.1 Å². The van der Waals surface area contributed by atoms with Crippen molar-refractivity contribution in [2.45, 2.75) is 44.8 Å². The minimum Gasteiger partial charge on any atom is -0.481 e. The number of urea groups is 1. The fraction of sp³-hybridized carbons (Fsp3) is 0.846. The third-order valence-electron chi connectivity index (χ3n) is 4.35. The molecule has 1 aliphatic rings. The third-order valence-corrected chi connectivity index (χ3v) is 6.62. The van der Waals surface area contributed by atoms with Crippen molar-refractivity contribution in [1.29, 1.82) is 0 Å². The van der Waals surface area contributed by atoms with Crippen molar-refractivity contribution >= 4 is 21.8 Å². The summed E-state index contributed by atoms with van der Waals surface area (Å²) in [7, 11) is -3.09. The van der Waals surface area contributed by atoms with Crippen molar-refractivity contribution in [2.24, 2.45) is 5.41 Å².